The van der Waals surface area contributed by atoms with Gasteiger partial charge in [-0.25, -0.2) is 0 Å². The highest BCUT2D eigenvalue weighted by Crippen LogP contribution is 2.30. The summed E-state index contributed by atoms with van der Waals surface area (Å²) in [5.41, 5.74) is 0. The van der Waals surface area contributed by atoms with Gasteiger partial charge in [-0.15, -0.1) is 0 Å². The lowest BCUT2D eigenvalue weighted by Crippen LogP contribution is -2.39. The van der Waals surface area contributed by atoms with E-state index in [1.54, 1.807) is 0 Å². The van der Waals surface area contributed by atoms with Crippen LogP contribution in [0.4, 0.5) is 0 Å². The van der Waals surface area contributed by atoms with Crippen molar-refractivity contribution >= 4 is 21.8 Å². The molecular formula is C12H20BrNO. The minimum absolute atomic E-state index is 0.298. The fourth-order valence-corrected chi connectivity index (χ4v) is 3.21. The minimum Gasteiger partial charge on any atom is -0.356 e. The molecule has 2 rings (SSSR count). The van der Waals surface area contributed by atoms with Crippen LogP contribution in [0, 0.1) is 11.8 Å². The second-order valence-corrected chi connectivity index (χ2v) is 6.11. The van der Waals surface area contributed by atoms with Gasteiger partial charge >= 0.3 is 0 Å². The molecule has 0 bridgehead atoms. The van der Waals surface area contributed by atoms with Crippen LogP contribution in [0.15, 0.2) is 0 Å². The van der Waals surface area contributed by atoms with Crippen molar-refractivity contribution in [1.29, 1.82) is 0 Å². The highest BCUT2D eigenvalue weighted by atomic mass is 79.9. The Morgan fingerprint density at radius 1 is 1.13 bits per heavy atom. The van der Waals surface area contributed by atoms with Crippen molar-refractivity contribution in [2.45, 2.75) is 49.8 Å². The van der Waals surface area contributed by atoms with Gasteiger partial charge in [-0.05, 0) is 31.6 Å². The third kappa shape index (κ3) is 2.96. The quantitative estimate of drug-likeness (QED) is 0.788. The summed E-state index contributed by atoms with van der Waals surface area (Å²) in [4.78, 5) is 12.3. The second-order valence-electron chi connectivity index (χ2n) is 4.93. The van der Waals surface area contributed by atoms with Crippen LogP contribution in [0.25, 0.3) is 0 Å². The van der Waals surface area contributed by atoms with Gasteiger partial charge in [0.25, 0.3) is 0 Å². The van der Waals surface area contributed by atoms with Gasteiger partial charge in [-0.2, -0.15) is 0 Å². The molecule has 1 amide bonds. The van der Waals surface area contributed by atoms with Crippen LogP contribution in [0.2, 0.25) is 0 Å². The molecule has 2 atom stereocenters. The number of halogens is 1. The van der Waals surface area contributed by atoms with Crippen LogP contribution in [0.1, 0.15) is 44.9 Å². The van der Waals surface area contributed by atoms with Gasteiger partial charge in [-0.3, -0.25) is 4.79 Å². The minimum atomic E-state index is 0.298. The standard InChI is InChI=1S/C12H20BrNO/c13-11-7-2-1-4-10(11)8-14-12(15)9-5-3-6-9/h9-11H,1-8H2,(H,14,15). The summed E-state index contributed by atoms with van der Waals surface area (Å²) in [7, 11) is 0. The molecular weight excluding hydrogens is 254 g/mol. The lowest BCUT2D eigenvalue weighted by molar-refractivity contribution is -0.127. The van der Waals surface area contributed by atoms with E-state index >= 15 is 0 Å². The van der Waals surface area contributed by atoms with E-state index in [2.05, 4.69) is 21.2 Å². The van der Waals surface area contributed by atoms with Crippen molar-refractivity contribution in [3.63, 3.8) is 0 Å². The number of nitrogens with one attached hydrogen (secondary N) is 1. The maximum atomic E-state index is 11.6. The molecule has 2 fully saturated rings. The zero-order valence-electron chi connectivity index (χ0n) is 9.18. The Morgan fingerprint density at radius 3 is 2.47 bits per heavy atom. The Labute approximate surface area is 100 Å². The molecule has 2 saturated carbocycles. The molecule has 0 aromatic carbocycles. The van der Waals surface area contributed by atoms with E-state index < -0.39 is 0 Å². The first kappa shape index (κ1) is 11.4. The van der Waals surface area contributed by atoms with Gasteiger partial charge in [0.1, 0.15) is 0 Å². The van der Waals surface area contributed by atoms with E-state index in [9.17, 15) is 4.79 Å². The van der Waals surface area contributed by atoms with Crippen molar-refractivity contribution in [2.24, 2.45) is 11.8 Å². The first-order valence-electron chi connectivity index (χ1n) is 6.19. The second kappa shape index (κ2) is 5.33. The summed E-state index contributed by atoms with van der Waals surface area (Å²) in [6.07, 6.45) is 8.64. The number of carbonyl (C=O) groups is 1. The topological polar surface area (TPSA) is 29.1 Å². The van der Waals surface area contributed by atoms with Crippen molar-refractivity contribution in [1.82, 2.24) is 5.32 Å². The van der Waals surface area contributed by atoms with E-state index in [0.29, 0.717) is 22.6 Å². The maximum Gasteiger partial charge on any atom is 0.223 e. The predicted octanol–water partition coefficient (Wildman–Crippen LogP) is 2.86. The van der Waals surface area contributed by atoms with Crippen LogP contribution in [-0.4, -0.2) is 17.3 Å². The van der Waals surface area contributed by atoms with E-state index in [1.807, 2.05) is 0 Å². The van der Waals surface area contributed by atoms with Crippen LogP contribution in [-0.2, 0) is 4.79 Å². The van der Waals surface area contributed by atoms with E-state index in [0.717, 1.165) is 19.4 Å². The molecule has 2 unspecified atom stereocenters. The summed E-state index contributed by atoms with van der Waals surface area (Å²) in [6, 6.07) is 0. The Kier molecular flexibility index (Phi) is 4.06. The lowest BCUT2D eigenvalue weighted by Gasteiger charge is -2.29. The van der Waals surface area contributed by atoms with Crippen molar-refractivity contribution in [3.05, 3.63) is 0 Å². The smallest absolute Gasteiger partial charge is 0.223 e. The van der Waals surface area contributed by atoms with Gasteiger partial charge in [0.15, 0.2) is 0 Å². The molecule has 2 aliphatic carbocycles. The first-order chi connectivity index (χ1) is 7.27. The zero-order chi connectivity index (χ0) is 10.7. The van der Waals surface area contributed by atoms with E-state index in [1.165, 1.54) is 32.1 Å². The maximum absolute atomic E-state index is 11.6. The average Bonchev–Trinajstić information content (AvgIpc) is 2.14. The first-order valence-corrected chi connectivity index (χ1v) is 7.10. The molecule has 86 valence electrons. The number of alkyl halides is 1. The molecule has 0 saturated heterocycles. The normalized spacial score (nSPS) is 32.1. The molecule has 1 N–H and O–H groups in total. The molecule has 0 aromatic heterocycles. The summed E-state index contributed by atoms with van der Waals surface area (Å²) in [5.74, 6) is 1.29. The Bertz CT molecular complexity index is 228. The molecule has 0 spiro atoms. The van der Waals surface area contributed by atoms with Gasteiger partial charge in [-0.1, -0.05) is 35.2 Å². The SMILES string of the molecule is O=C(NCC1CCCCC1Br)C1CCC1. The van der Waals surface area contributed by atoms with Gasteiger partial charge in [0.05, 0.1) is 0 Å². The molecule has 0 aromatic rings. The van der Waals surface area contributed by atoms with E-state index in [-0.39, 0.29) is 0 Å². The molecule has 2 nitrogen and oxygen atoms in total. The largest absolute Gasteiger partial charge is 0.356 e. The fourth-order valence-electron chi connectivity index (χ4n) is 2.44. The summed E-state index contributed by atoms with van der Waals surface area (Å²) < 4.78 is 0. The highest BCUT2D eigenvalue weighted by molar-refractivity contribution is 9.09. The average molecular weight is 274 g/mol. The molecule has 3 heteroatoms. The summed E-state index contributed by atoms with van der Waals surface area (Å²) >= 11 is 3.72. The van der Waals surface area contributed by atoms with Crippen LogP contribution < -0.4 is 5.32 Å². The van der Waals surface area contributed by atoms with Gasteiger partial charge in [0, 0.05) is 17.3 Å². The number of carbonyl (C=O) groups excluding carboxylic acids is 1. The fraction of sp³-hybridized carbons (Fsp3) is 0.917. The lowest BCUT2D eigenvalue weighted by atomic mass is 9.84. The molecule has 15 heavy (non-hydrogen) atoms. The number of hydrogen-bond acceptors (Lipinski definition) is 1. The van der Waals surface area contributed by atoms with Crippen molar-refractivity contribution in [3.8, 4) is 0 Å². The van der Waals surface area contributed by atoms with Gasteiger partial charge < -0.3 is 5.32 Å². The van der Waals surface area contributed by atoms with Gasteiger partial charge in [0.2, 0.25) is 5.91 Å². The Morgan fingerprint density at radius 2 is 1.87 bits per heavy atom. The Hall–Kier alpha value is -0.0500. The molecule has 0 heterocycles. The molecule has 0 aliphatic heterocycles. The van der Waals surface area contributed by atoms with Crippen LogP contribution >= 0.6 is 15.9 Å². The Balaban J connectivity index is 1.69. The molecule has 2 aliphatic rings. The van der Waals surface area contributed by atoms with Crippen LogP contribution in [0.3, 0.4) is 0 Å². The van der Waals surface area contributed by atoms with Crippen LogP contribution in [0.5, 0.6) is 0 Å². The van der Waals surface area contributed by atoms with E-state index in [4.69, 9.17) is 0 Å². The number of amides is 1. The zero-order valence-corrected chi connectivity index (χ0v) is 10.8. The third-order valence-corrected chi connectivity index (χ3v) is 5.04. The third-order valence-electron chi connectivity index (χ3n) is 3.83. The summed E-state index contributed by atoms with van der Waals surface area (Å²) in [5, 5.41) is 3.12. The predicted molar refractivity (Wildman–Crippen MR) is 65.0 cm³/mol. The highest BCUT2D eigenvalue weighted by Gasteiger charge is 2.27. The number of hydrogen-bond donors (Lipinski definition) is 1. The number of rotatable bonds is 3. The summed E-state index contributed by atoms with van der Waals surface area (Å²) in [6.45, 7) is 0.880. The molecule has 0 radical (unpaired) electrons. The monoisotopic (exact) mass is 273 g/mol. The van der Waals surface area contributed by atoms with Crippen molar-refractivity contribution < 1.29 is 4.79 Å². The van der Waals surface area contributed by atoms with Crippen molar-refractivity contribution in [2.75, 3.05) is 6.54 Å².